The van der Waals surface area contributed by atoms with E-state index in [0.717, 1.165) is 134 Å². The van der Waals surface area contributed by atoms with Crippen LogP contribution in [0.3, 0.4) is 0 Å². The van der Waals surface area contributed by atoms with Crippen molar-refractivity contribution < 1.29 is 18.3 Å². The van der Waals surface area contributed by atoms with E-state index in [0.29, 0.717) is 75.1 Å². The lowest BCUT2D eigenvalue weighted by molar-refractivity contribution is 0.177. The van der Waals surface area contributed by atoms with Gasteiger partial charge in [0, 0.05) is 100 Å². The van der Waals surface area contributed by atoms with Crippen molar-refractivity contribution in [3.8, 4) is 35.2 Å². The number of benzene rings is 2. The van der Waals surface area contributed by atoms with Crippen molar-refractivity contribution in [1.29, 1.82) is 0 Å². The number of ether oxygens (including phenoxy) is 2. The van der Waals surface area contributed by atoms with E-state index in [2.05, 4.69) is 81.6 Å². The summed E-state index contributed by atoms with van der Waals surface area (Å²) in [6.07, 6.45) is 10.5. The number of piperidine rings is 2. The molecule has 74 heavy (non-hydrogen) atoms. The van der Waals surface area contributed by atoms with E-state index in [1.165, 1.54) is 51.9 Å². The number of methoxy groups -OCH3 is 2. The van der Waals surface area contributed by atoms with Gasteiger partial charge in [-0.2, -0.15) is 9.97 Å². The minimum absolute atomic E-state index is 0.338. The van der Waals surface area contributed by atoms with E-state index in [-0.39, 0.29) is 0 Å². The zero-order valence-corrected chi connectivity index (χ0v) is 45.2. The summed E-state index contributed by atoms with van der Waals surface area (Å²) in [7, 11) is 3.37. The summed E-state index contributed by atoms with van der Waals surface area (Å²) < 4.78 is 39.6. The van der Waals surface area contributed by atoms with Gasteiger partial charge >= 0.3 is 0 Å². The molecule has 4 aromatic rings. The van der Waals surface area contributed by atoms with Crippen molar-refractivity contribution in [2.24, 2.45) is 0 Å². The molecule has 6 aliphatic heterocycles. The maximum Gasteiger partial charge on any atom is 0.227 e. The molecule has 0 unspecified atom stereocenters. The lowest BCUT2D eigenvalue weighted by Gasteiger charge is -2.35. The summed E-state index contributed by atoms with van der Waals surface area (Å²) in [5, 5.41) is 9.28. The number of hydrogen-bond donors (Lipinski definition) is 2. The van der Waals surface area contributed by atoms with Crippen molar-refractivity contribution in [3.63, 3.8) is 0 Å². The minimum atomic E-state index is -0.830. The topological polar surface area (TPSA) is 114 Å². The van der Waals surface area contributed by atoms with E-state index < -0.39 is 12.3 Å². The van der Waals surface area contributed by atoms with E-state index in [1.807, 2.05) is 34.1 Å². The highest BCUT2D eigenvalue weighted by Crippen LogP contribution is 2.35. The van der Waals surface area contributed by atoms with E-state index in [1.54, 1.807) is 14.2 Å². The Morgan fingerprint density at radius 2 is 0.932 bits per heavy atom. The first kappa shape index (κ1) is 53.6. The maximum atomic E-state index is 14.0. The molecule has 0 bridgehead atoms. The molecule has 16 heteroatoms. The van der Waals surface area contributed by atoms with Gasteiger partial charge in [0.2, 0.25) is 11.9 Å². The van der Waals surface area contributed by atoms with Crippen LogP contribution in [-0.4, -0.2) is 182 Å². The molecule has 6 fully saturated rings. The fraction of sp³-hybridized carbons (Fsp3) is 0.655. The molecule has 0 aliphatic carbocycles. The molecule has 6 saturated heterocycles. The van der Waals surface area contributed by atoms with Gasteiger partial charge in [-0.1, -0.05) is 23.7 Å². The van der Waals surface area contributed by atoms with Crippen molar-refractivity contribution >= 4 is 45.3 Å². The van der Waals surface area contributed by atoms with Crippen LogP contribution in [-0.2, 0) is 0 Å². The Kier molecular flexibility index (Phi) is 18.5. The Labute approximate surface area is 439 Å². The highest BCUT2D eigenvalue weighted by atomic mass is 19.1. The molecule has 0 saturated carbocycles. The van der Waals surface area contributed by atoms with E-state index in [4.69, 9.17) is 29.4 Å². The number of anilines is 4. The summed E-state index contributed by atoms with van der Waals surface area (Å²) in [5.74, 6) is 17.6. The molecule has 0 spiro atoms. The number of nitrogens with zero attached hydrogens (tertiary/aromatic N) is 10. The monoisotopic (exact) mass is 1020 g/mol. The molecule has 14 nitrogen and oxygen atoms in total. The van der Waals surface area contributed by atoms with Crippen molar-refractivity contribution in [1.82, 2.24) is 39.5 Å². The number of rotatable bonds is 14. The number of hydrogen-bond acceptors (Lipinski definition) is 14. The van der Waals surface area contributed by atoms with Crippen LogP contribution in [0.4, 0.5) is 32.3 Å². The zero-order chi connectivity index (χ0) is 51.6. The molecule has 2 atom stereocenters. The molecular formula is C58H82F2N12O2. The van der Waals surface area contributed by atoms with Gasteiger partial charge in [0.1, 0.15) is 35.5 Å². The Morgan fingerprint density at radius 3 is 1.27 bits per heavy atom. The normalized spacial score (nSPS) is 21.5. The summed E-state index contributed by atoms with van der Waals surface area (Å²) in [4.78, 5) is 33.5. The van der Waals surface area contributed by atoms with Crippen LogP contribution in [0.25, 0.3) is 21.8 Å². The SMILES string of the molecule is COc1cc2c(NC3CCN(C(C)C)CC3)nc(N3CC[C@@H](F)C3)nc2cc1C#CCCN1CCCC1.COc1cc2c(NC3CCN(C(C)C)CC3)nc(N3CC[C@@H](F)C3)nc2cc1C#CCCN1CCCC1. The number of fused-ring (bicyclic) bond motifs is 2. The first-order chi connectivity index (χ1) is 36.0. The maximum absolute atomic E-state index is 14.0. The third-order valence-electron chi connectivity index (χ3n) is 16.0. The van der Waals surface area contributed by atoms with Crippen LogP contribution < -0.4 is 29.9 Å². The Morgan fingerprint density at radius 1 is 0.541 bits per heavy atom. The average molecular weight is 1020 g/mol. The van der Waals surface area contributed by atoms with Crippen LogP contribution in [0.5, 0.6) is 11.5 Å². The number of halogens is 2. The van der Waals surface area contributed by atoms with Crippen molar-refractivity contribution in [2.45, 2.75) is 141 Å². The largest absolute Gasteiger partial charge is 0.495 e. The highest BCUT2D eigenvalue weighted by molar-refractivity contribution is 5.94. The number of likely N-dealkylation sites (tertiary alicyclic amines) is 4. The van der Waals surface area contributed by atoms with Gasteiger partial charge in [0.15, 0.2) is 0 Å². The second kappa shape index (κ2) is 25.5. The van der Waals surface area contributed by atoms with Crippen LogP contribution >= 0.6 is 0 Å². The second-order valence-electron chi connectivity index (χ2n) is 21.8. The van der Waals surface area contributed by atoms with Gasteiger partial charge in [-0.15, -0.1) is 0 Å². The molecule has 2 aromatic carbocycles. The molecular weight excluding hydrogens is 935 g/mol. The molecule has 2 aromatic heterocycles. The third kappa shape index (κ3) is 13.8. The van der Waals surface area contributed by atoms with Gasteiger partial charge < -0.3 is 49.5 Å². The van der Waals surface area contributed by atoms with E-state index in [9.17, 15) is 8.78 Å². The molecule has 400 valence electrons. The van der Waals surface area contributed by atoms with Gasteiger partial charge in [-0.25, -0.2) is 18.7 Å². The van der Waals surface area contributed by atoms with Gasteiger partial charge in [0.05, 0.1) is 49.5 Å². The first-order valence-corrected chi connectivity index (χ1v) is 28.0. The Balaban J connectivity index is 0.000000182. The Hall–Kier alpha value is -5.26. The molecule has 6 aliphatic rings. The van der Waals surface area contributed by atoms with Crippen molar-refractivity contribution in [3.05, 3.63) is 35.4 Å². The standard InChI is InChI=1S/2C29H41FN6O/c2*1-21(2)35-16-10-24(11-17-35)31-28-25-19-27(37-3)22(8-4-5-12-34-13-6-7-14-34)18-26(25)32-29(33-28)36-15-9-23(30)20-36/h2*18-19,21,23-24H,5-7,9-17,20H2,1-3H3,(H,31,32,33)/t2*23-/m11/s1. The fourth-order valence-corrected chi connectivity index (χ4v) is 11.4. The average Bonchev–Trinajstić information content (AvgIpc) is 4.27. The molecule has 10 rings (SSSR count). The lowest BCUT2D eigenvalue weighted by Crippen LogP contribution is -2.42. The number of alkyl halides is 2. The summed E-state index contributed by atoms with van der Waals surface area (Å²) in [6.45, 7) is 22.0. The second-order valence-corrected chi connectivity index (χ2v) is 21.8. The van der Waals surface area contributed by atoms with Crippen LogP contribution in [0.2, 0.25) is 0 Å². The molecule has 2 N–H and O–H groups in total. The summed E-state index contributed by atoms with van der Waals surface area (Å²) >= 11 is 0. The molecule has 0 radical (unpaired) electrons. The quantitative estimate of drug-likeness (QED) is 0.118. The van der Waals surface area contributed by atoms with Crippen LogP contribution in [0.15, 0.2) is 24.3 Å². The molecule has 0 amide bonds. The predicted octanol–water partition coefficient (Wildman–Crippen LogP) is 8.62. The Bertz CT molecular complexity index is 2440. The summed E-state index contributed by atoms with van der Waals surface area (Å²) in [6, 6.07) is 9.85. The number of aromatic nitrogens is 4. The number of nitrogens with one attached hydrogen (secondary N) is 2. The van der Waals surface area contributed by atoms with Crippen molar-refractivity contribution in [2.75, 3.05) is 126 Å². The van der Waals surface area contributed by atoms with Crippen LogP contribution in [0, 0.1) is 23.7 Å². The van der Waals surface area contributed by atoms with Gasteiger partial charge in [0.25, 0.3) is 0 Å². The van der Waals surface area contributed by atoms with Crippen LogP contribution in [0.1, 0.15) is 116 Å². The third-order valence-corrected chi connectivity index (χ3v) is 16.0. The highest BCUT2D eigenvalue weighted by Gasteiger charge is 2.29. The van der Waals surface area contributed by atoms with Gasteiger partial charge in [-0.05, 0) is 142 Å². The van der Waals surface area contributed by atoms with Gasteiger partial charge in [-0.3, -0.25) is 0 Å². The first-order valence-electron chi connectivity index (χ1n) is 28.0. The zero-order valence-electron chi connectivity index (χ0n) is 45.2. The lowest BCUT2D eigenvalue weighted by atomic mass is 10.0. The minimum Gasteiger partial charge on any atom is -0.495 e. The fourth-order valence-electron chi connectivity index (χ4n) is 11.4. The molecule has 8 heterocycles. The summed E-state index contributed by atoms with van der Waals surface area (Å²) in [5.41, 5.74) is 3.31. The predicted molar refractivity (Wildman–Crippen MR) is 297 cm³/mol. The van der Waals surface area contributed by atoms with E-state index >= 15 is 0 Å². The smallest absolute Gasteiger partial charge is 0.227 e.